The second-order valence-electron chi connectivity index (χ2n) is 3.69. The molecule has 0 bridgehead atoms. The lowest BCUT2D eigenvalue weighted by molar-refractivity contribution is -0.137. The van der Waals surface area contributed by atoms with Crippen molar-refractivity contribution in [2.45, 2.75) is 30.8 Å². The summed E-state index contributed by atoms with van der Waals surface area (Å²) in [4.78, 5) is -0.224. The van der Waals surface area contributed by atoms with Gasteiger partial charge >= 0.3 is 6.18 Å². The zero-order valence-corrected chi connectivity index (χ0v) is 9.52. The van der Waals surface area contributed by atoms with Crippen molar-refractivity contribution in [3.63, 3.8) is 0 Å². The van der Waals surface area contributed by atoms with Gasteiger partial charge in [-0.25, -0.2) is 4.21 Å². The Morgan fingerprint density at radius 3 is 2.19 bits per heavy atom. The Morgan fingerprint density at radius 1 is 1.25 bits per heavy atom. The fraction of sp³-hybridized carbons (Fsp3) is 0.400. The topological polar surface area (TPSA) is 37.3 Å². The highest BCUT2D eigenvalue weighted by Gasteiger charge is 2.31. The predicted molar refractivity (Wildman–Crippen MR) is 54.6 cm³/mol. The van der Waals surface area contributed by atoms with Gasteiger partial charge in [-0.1, -0.05) is 13.8 Å². The van der Waals surface area contributed by atoms with E-state index in [-0.39, 0.29) is 10.8 Å². The Morgan fingerprint density at radius 2 is 1.81 bits per heavy atom. The molecule has 1 unspecified atom stereocenters. The van der Waals surface area contributed by atoms with Gasteiger partial charge in [-0.2, -0.15) is 13.2 Å². The van der Waals surface area contributed by atoms with Crippen LogP contribution in [0.15, 0.2) is 23.1 Å². The summed E-state index contributed by atoms with van der Waals surface area (Å²) in [5.74, 6) is -0.135. The van der Waals surface area contributed by atoms with Crippen LogP contribution < -0.4 is 0 Å². The Kier molecular flexibility index (Phi) is 3.75. The lowest BCUT2D eigenvalue weighted by atomic mass is 10.0. The highest BCUT2D eigenvalue weighted by Crippen LogP contribution is 2.32. The summed E-state index contributed by atoms with van der Waals surface area (Å²) in [5.41, 5.74) is -0.497. The summed E-state index contributed by atoms with van der Waals surface area (Å²) in [6.07, 6.45) is -4.50. The third-order valence-corrected chi connectivity index (χ3v) is 2.76. The molecule has 0 aliphatic heterocycles. The SMILES string of the molecule is CC(C)c1cc(S(=O)O)cc(C(F)(F)F)c1. The van der Waals surface area contributed by atoms with Gasteiger partial charge in [0.25, 0.3) is 0 Å². The number of alkyl halides is 3. The quantitative estimate of drug-likeness (QED) is 0.819. The van der Waals surface area contributed by atoms with Gasteiger partial charge in [0.15, 0.2) is 11.1 Å². The van der Waals surface area contributed by atoms with E-state index in [1.54, 1.807) is 13.8 Å². The molecule has 16 heavy (non-hydrogen) atoms. The minimum absolute atomic E-state index is 0.135. The summed E-state index contributed by atoms with van der Waals surface area (Å²) in [7, 11) is 0. The number of hydrogen-bond donors (Lipinski definition) is 1. The van der Waals surface area contributed by atoms with E-state index in [1.807, 2.05) is 0 Å². The van der Waals surface area contributed by atoms with E-state index in [9.17, 15) is 17.4 Å². The molecule has 1 aromatic rings. The Hall–Kier alpha value is -0.880. The molecule has 0 aliphatic carbocycles. The highest BCUT2D eigenvalue weighted by molar-refractivity contribution is 7.79. The van der Waals surface area contributed by atoms with Crippen LogP contribution >= 0.6 is 0 Å². The van der Waals surface area contributed by atoms with Gasteiger partial charge in [0.1, 0.15) is 0 Å². The van der Waals surface area contributed by atoms with Crippen LogP contribution in [0.2, 0.25) is 0 Å². The molecule has 0 saturated heterocycles. The van der Waals surface area contributed by atoms with Crippen LogP contribution in [0.1, 0.15) is 30.9 Å². The molecule has 1 rings (SSSR count). The van der Waals surface area contributed by atoms with Crippen molar-refractivity contribution in [1.29, 1.82) is 0 Å². The van der Waals surface area contributed by atoms with Gasteiger partial charge in [0, 0.05) is 0 Å². The molecule has 0 spiro atoms. The van der Waals surface area contributed by atoms with Gasteiger partial charge < -0.3 is 4.55 Å². The molecule has 90 valence electrons. The first kappa shape index (κ1) is 13.2. The zero-order valence-electron chi connectivity index (χ0n) is 8.71. The average molecular weight is 252 g/mol. The van der Waals surface area contributed by atoms with E-state index < -0.39 is 22.8 Å². The lowest BCUT2D eigenvalue weighted by Gasteiger charge is -2.12. The minimum Gasteiger partial charge on any atom is -0.302 e. The molecule has 0 heterocycles. The molecule has 6 heteroatoms. The maximum atomic E-state index is 12.5. The van der Waals surface area contributed by atoms with E-state index in [4.69, 9.17) is 4.55 Å². The number of rotatable bonds is 2. The fourth-order valence-electron chi connectivity index (χ4n) is 1.22. The first-order valence-electron chi connectivity index (χ1n) is 4.55. The van der Waals surface area contributed by atoms with Crippen molar-refractivity contribution >= 4 is 11.1 Å². The average Bonchev–Trinajstić information content (AvgIpc) is 2.15. The largest absolute Gasteiger partial charge is 0.416 e. The summed E-state index contributed by atoms with van der Waals surface area (Å²) >= 11 is -2.40. The predicted octanol–water partition coefficient (Wildman–Crippen LogP) is 3.41. The molecular formula is C10H11F3O2S. The summed E-state index contributed by atoms with van der Waals surface area (Å²) in [6, 6.07) is 3.01. The maximum Gasteiger partial charge on any atom is 0.416 e. The zero-order chi connectivity index (χ0) is 12.5. The Labute approximate surface area is 93.8 Å². The third-order valence-electron chi connectivity index (χ3n) is 2.12. The van der Waals surface area contributed by atoms with E-state index in [0.29, 0.717) is 11.6 Å². The van der Waals surface area contributed by atoms with Crippen molar-refractivity contribution in [3.8, 4) is 0 Å². The van der Waals surface area contributed by atoms with Crippen LogP contribution in [0.3, 0.4) is 0 Å². The molecule has 0 amide bonds. The van der Waals surface area contributed by atoms with Crippen molar-refractivity contribution in [1.82, 2.24) is 0 Å². The van der Waals surface area contributed by atoms with Gasteiger partial charge in [0.05, 0.1) is 10.5 Å². The normalized spacial score (nSPS) is 14.2. The van der Waals surface area contributed by atoms with Gasteiger partial charge in [-0.3, -0.25) is 0 Å². The van der Waals surface area contributed by atoms with Gasteiger partial charge in [0.2, 0.25) is 0 Å². The molecule has 0 aromatic heterocycles. The molecule has 1 atom stereocenters. The molecule has 1 N–H and O–H groups in total. The number of benzene rings is 1. The Balaban J connectivity index is 3.36. The van der Waals surface area contributed by atoms with Crippen molar-refractivity contribution in [3.05, 3.63) is 29.3 Å². The minimum atomic E-state index is -4.50. The van der Waals surface area contributed by atoms with Crippen LogP contribution in [0, 0.1) is 0 Å². The maximum absolute atomic E-state index is 12.5. The first-order valence-corrected chi connectivity index (χ1v) is 5.65. The second kappa shape index (κ2) is 4.55. The Bertz CT molecular complexity index is 413. The van der Waals surface area contributed by atoms with E-state index in [0.717, 1.165) is 6.07 Å². The van der Waals surface area contributed by atoms with Crippen LogP contribution in [0.25, 0.3) is 0 Å². The monoisotopic (exact) mass is 252 g/mol. The van der Waals surface area contributed by atoms with Crippen molar-refractivity contribution in [2.24, 2.45) is 0 Å². The summed E-state index contributed by atoms with van der Waals surface area (Å²) in [5, 5.41) is 0. The van der Waals surface area contributed by atoms with Crippen LogP contribution in [0.5, 0.6) is 0 Å². The lowest BCUT2D eigenvalue weighted by Crippen LogP contribution is -2.07. The van der Waals surface area contributed by atoms with Gasteiger partial charge in [-0.15, -0.1) is 0 Å². The van der Waals surface area contributed by atoms with E-state index in [1.165, 1.54) is 6.07 Å². The van der Waals surface area contributed by atoms with Crippen LogP contribution in [-0.2, 0) is 17.3 Å². The number of halogens is 3. The van der Waals surface area contributed by atoms with Crippen LogP contribution in [0.4, 0.5) is 13.2 Å². The first-order chi connectivity index (χ1) is 7.21. The molecule has 2 nitrogen and oxygen atoms in total. The summed E-state index contributed by atoms with van der Waals surface area (Å²) in [6.45, 7) is 3.44. The fourth-order valence-corrected chi connectivity index (χ4v) is 1.68. The second-order valence-corrected chi connectivity index (χ2v) is 4.66. The highest BCUT2D eigenvalue weighted by atomic mass is 32.2. The van der Waals surface area contributed by atoms with Crippen molar-refractivity contribution in [2.75, 3.05) is 0 Å². The van der Waals surface area contributed by atoms with Gasteiger partial charge in [-0.05, 0) is 29.7 Å². The molecule has 0 aliphatic rings. The van der Waals surface area contributed by atoms with E-state index >= 15 is 0 Å². The van der Waals surface area contributed by atoms with Crippen molar-refractivity contribution < 1.29 is 21.9 Å². The smallest absolute Gasteiger partial charge is 0.302 e. The third kappa shape index (κ3) is 3.05. The standard InChI is InChI=1S/C10H11F3O2S/c1-6(2)7-3-8(10(11,12)13)5-9(4-7)16(14)15/h3-6H,1-2H3,(H,14,15). The molecule has 1 aromatic carbocycles. The molecule has 0 fully saturated rings. The molecule has 0 radical (unpaired) electrons. The van der Waals surface area contributed by atoms with E-state index in [2.05, 4.69) is 0 Å². The molecular weight excluding hydrogens is 241 g/mol. The molecule has 0 saturated carbocycles. The number of hydrogen-bond acceptors (Lipinski definition) is 1. The van der Waals surface area contributed by atoms with Crippen LogP contribution in [-0.4, -0.2) is 8.76 Å². The summed E-state index contributed by atoms with van der Waals surface area (Å²) < 4.78 is 57.1.